The molecule has 29 heavy (non-hydrogen) atoms. The van der Waals surface area contributed by atoms with Crippen molar-refractivity contribution in [2.24, 2.45) is 0 Å². The molecule has 6 heteroatoms. The van der Waals surface area contributed by atoms with E-state index in [2.05, 4.69) is 18.2 Å². The number of nitrogens with zero attached hydrogens (tertiary/aromatic N) is 2. The van der Waals surface area contributed by atoms with E-state index in [4.69, 9.17) is 14.7 Å². The Labute approximate surface area is 175 Å². The van der Waals surface area contributed by atoms with Crippen molar-refractivity contribution in [3.63, 3.8) is 0 Å². The van der Waals surface area contributed by atoms with Gasteiger partial charge in [-0.25, -0.2) is 9.97 Å². The molecule has 0 saturated carbocycles. The Morgan fingerprint density at radius 3 is 2.00 bits per heavy atom. The maximum atomic E-state index is 9.93. The summed E-state index contributed by atoms with van der Waals surface area (Å²) >= 11 is 3.30. The maximum Gasteiger partial charge on any atom is 0.161 e. The molecule has 0 saturated heterocycles. The molecule has 0 unspecified atom stereocenters. The molecule has 0 bridgehead atoms. The van der Waals surface area contributed by atoms with Gasteiger partial charge in [0, 0.05) is 5.57 Å². The van der Waals surface area contributed by atoms with E-state index in [0.29, 0.717) is 5.75 Å². The van der Waals surface area contributed by atoms with Crippen LogP contribution in [0.4, 0.5) is 0 Å². The molecule has 0 aliphatic heterocycles. The number of methoxy groups -OCH3 is 1. The zero-order valence-electron chi connectivity index (χ0n) is 15.5. The van der Waals surface area contributed by atoms with E-state index < -0.39 is 0 Å². The molecule has 0 fully saturated rings. The van der Waals surface area contributed by atoms with Crippen LogP contribution in [-0.4, -0.2) is 22.2 Å². The average molecular weight is 417 g/mol. The fourth-order valence-corrected chi connectivity index (χ4v) is 5.17. The number of aromatic nitrogens is 2. The van der Waals surface area contributed by atoms with Crippen molar-refractivity contribution < 1.29 is 9.84 Å². The summed E-state index contributed by atoms with van der Waals surface area (Å²) in [4.78, 5) is 9.70. The molecule has 0 spiro atoms. The first-order valence-electron chi connectivity index (χ1n) is 9.02. The summed E-state index contributed by atoms with van der Waals surface area (Å²) in [5, 5.41) is 11.8. The van der Waals surface area contributed by atoms with Gasteiger partial charge in [0.2, 0.25) is 0 Å². The average Bonchev–Trinajstić information content (AvgIpc) is 3.37. The van der Waals surface area contributed by atoms with Gasteiger partial charge in [-0.3, -0.25) is 0 Å². The number of fused-ring (bicyclic) bond motifs is 2. The second-order valence-corrected chi connectivity index (χ2v) is 8.52. The number of benzene rings is 3. The van der Waals surface area contributed by atoms with E-state index >= 15 is 0 Å². The lowest BCUT2D eigenvalue weighted by molar-refractivity contribution is 0.373. The lowest BCUT2D eigenvalue weighted by atomic mass is 10.1. The van der Waals surface area contributed by atoms with Crippen LogP contribution < -0.4 is 4.74 Å². The number of para-hydroxylation sites is 2. The number of phenolic OH excluding ortho intramolecular Hbond substituents is 1. The van der Waals surface area contributed by atoms with Gasteiger partial charge in [-0.15, -0.1) is 22.7 Å². The minimum atomic E-state index is 0.117. The summed E-state index contributed by atoms with van der Waals surface area (Å²) in [5.74, 6) is 0.554. The molecular weight excluding hydrogens is 400 g/mol. The van der Waals surface area contributed by atoms with Crippen molar-refractivity contribution in [2.45, 2.75) is 0 Å². The first kappa shape index (κ1) is 17.8. The van der Waals surface area contributed by atoms with Crippen LogP contribution in [0.5, 0.6) is 11.5 Å². The highest BCUT2D eigenvalue weighted by atomic mass is 32.1. The maximum absolute atomic E-state index is 9.93. The number of ether oxygens (including phenoxy) is 1. The van der Waals surface area contributed by atoms with Crippen molar-refractivity contribution in [1.82, 2.24) is 9.97 Å². The molecule has 0 radical (unpaired) electrons. The summed E-state index contributed by atoms with van der Waals surface area (Å²) in [6, 6.07) is 21.6. The van der Waals surface area contributed by atoms with Crippen LogP contribution in [0.25, 0.3) is 32.1 Å². The number of phenols is 1. The summed E-state index contributed by atoms with van der Waals surface area (Å²) in [5.41, 5.74) is 3.82. The quantitative estimate of drug-likeness (QED) is 0.378. The van der Waals surface area contributed by atoms with Crippen molar-refractivity contribution in [2.75, 3.05) is 7.11 Å². The molecule has 3 aromatic carbocycles. The number of rotatable bonds is 4. The lowest BCUT2D eigenvalue weighted by Gasteiger charge is -2.05. The van der Waals surface area contributed by atoms with Gasteiger partial charge >= 0.3 is 0 Å². The zero-order valence-corrected chi connectivity index (χ0v) is 17.1. The molecule has 0 aliphatic rings. The molecule has 1 N–H and O–H groups in total. The first-order chi connectivity index (χ1) is 14.2. The monoisotopic (exact) mass is 416 g/mol. The van der Waals surface area contributed by atoms with Gasteiger partial charge in [-0.2, -0.15) is 0 Å². The van der Waals surface area contributed by atoms with Gasteiger partial charge in [0.05, 0.1) is 27.5 Å². The predicted molar refractivity (Wildman–Crippen MR) is 121 cm³/mol. The molecule has 142 valence electrons. The van der Waals surface area contributed by atoms with Gasteiger partial charge in [0.1, 0.15) is 10.0 Å². The molecule has 0 amide bonds. The summed E-state index contributed by atoms with van der Waals surface area (Å²) in [6.45, 7) is 0. The second-order valence-electron chi connectivity index (χ2n) is 6.46. The highest BCUT2D eigenvalue weighted by Gasteiger charge is 2.16. The van der Waals surface area contributed by atoms with Crippen LogP contribution >= 0.6 is 22.7 Å². The van der Waals surface area contributed by atoms with Gasteiger partial charge in [0.25, 0.3) is 0 Å². The Morgan fingerprint density at radius 2 is 1.45 bits per heavy atom. The molecule has 5 aromatic rings. The number of hydrogen-bond donors (Lipinski definition) is 1. The molecular formula is C23H16N2O2S2. The number of aromatic hydroxyl groups is 1. The van der Waals surface area contributed by atoms with Gasteiger partial charge in [-0.1, -0.05) is 30.3 Å². The third-order valence-electron chi connectivity index (χ3n) is 4.56. The van der Waals surface area contributed by atoms with Crippen molar-refractivity contribution >= 4 is 54.8 Å². The van der Waals surface area contributed by atoms with Crippen LogP contribution in [-0.2, 0) is 0 Å². The fraction of sp³-hybridized carbons (Fsp3) is 0.0435. The SMILES string of the molecule is COc1cc(C=C(c2nc3ccccc3s2)c2nc3ccccc3s2)ccc1O. The van der Waals surface area contributed by atoms with Crippen LogP contribution in [0.3, 0.4) is 0 Å². The molecule has 4 nitrogen and oxygen atoms in total. The van der Waals surface area contributed by atoms with E-state index in [-0.39, 0.29) is 5.75 Å². The van der Waals surface area contributed by atoms with E-state index in [1.54, 1.807) is 35.8 Å². The van der Waals surface area contributed by atoms with E-state index in [9.17, 15) is 5.11 Å². The Hall–Kier alpha value is -3.22. The first-order valence-corrected chi connectivity index (χ1v) is 10.6. The second kappa shape index (κ2) is 7.31. The number of thiazole rings is 2. The van der Waals surface area contributed by atoms with E-state index in [0.717, 1.165) is 41.6 Å². The smallest absolute Gasteiger partial charge is 0.161 e. The van der Waals surface area contributed by atoms with Gasteiger partial charge in [0.15, 0.2) is 11.5 Å². The zero-order chi connectivity index (χ0) is 19.8. The third-order valence-corrected chi connectivity index (χ3v) is 6.70. The van der Waals surface area contributed by atoms with Crippen LogP contribution in [0, 0.1) is 0 Å². The van der Waals surface area contributed by atoms with Gasteiger partial charge in [-0.05, 0) is 48.0 Å². The Balaban J connectivity index is 1.72. The normalized spacial score (nSPS) is 11.1. The Bertz CT molecular complexity index is 1230. The molecule has 2 heterocycles. The molecule has 0 atom stereocenters. The van der Waals surface area contributed by atoms with E-state index in [1.165, 1.54) is 0 Å². The minimum absolute atomic E-state index is 0.117. The third kappa shape index (κ3) is 3.37. The van der Waals surface area contributed by atoms with Crippen molar-refractivity contribution in [1.29, 1.82) is 0 Å². The van der Waals surface area contributed by atoms with Crippen molar-refractivity contribution in [3.8, 4) is 11.5 Å². The van der Waals surface area contributed by atoms with Crippen LogP contribution in [0.1, 0.15) is 15.6 Å². The Kier molecular flexibility index (Phi) is 4.50. The fourth-order valence-electron chi connectivity index (χ4n) is 3.14. The highest BCUT2D eigenvalue weighted by molar-refractivity contribution is 7.22. The van der Waals surface area contributed by atoms with Gasteiger partial charge < -0.3 is 9.84 Å². The predicted octanol–water partition coefficient (Wildman–Crippen LogP) is 6.21. The molecule has 2 aromatic heterocycles. The van der Waals surface area contributed by atoms with Crippen molar-refractivity contribution in [3.05, 3.63) is 82.3 Å². The summed E-state index contributed by atoms with van der Waals surface area (Å²) in [7, 11) is 1.55. The topological polar surface area (TPSA) is 55.2 Å². The van der Waals surface area contributed by atoms with E-state index in [1.807, 2.05) is 48.5 Å². The Morgan fingerprint density at radius 1 is 0.862 bits per heavy atom. The van der Waals surface area contributed by atoms with Crippen LogP contribution in [0.15, 0.2) is 66.7 Å². The largest absolute Gasteiger partial charge is 0.504 e. The summed E-state index contributed by atoms with van der Waals surface area (Å²) < 4.78 is 7.54. The minimum Gasteiger partial charge on any atom is -0.504 e. The molecule has 5 rings (SSSR count). The highest BCUT2D eigenvalue weighted by Crippen LogP contribution is 2.37. The standard InChI is InChI=1S/C23H16N2O2S2/c1-27-19-13-14(10-11-18(19)26)12-15(22-24-16-6-2-4-8-20(16)28-22)23-25-17-7-3-5-9-21(17)29-23/h2-13,26H,1H3. The number of hydrogen-bond acceptors (Lipinski definition) is 6. The lowest BCUT2D eigenvalue weighted by Crippen LogP contribution is -1.88. The summed E-state index contributed by atoms with van der Waals surface area (Å²) in [6.07, 6.45) is 2.05. The molecule has 0 aliphatic carbocycles. The van der Waals surface area contributed by atoms with Crippen LogP contribution in [0.2, 0.25) is 0 Å².